The van der Waals surface area contributed by atoms with Crippen molar-refractivity contribution in [3.05, 3.63) is 146 Å². The molecule has 0 spiro atoms. The molecular weight excluding hydrogens is 436 g/mol. The van der Waals surface area contributed by atoms with Crippen molar-refractivity contribution in [1.82, 2.24) is 9.97 Å². The van der Waals surface area contributed by atoms with E-state index in [1.165, 1.54) is 22.3 Å². The first kappa shape index (κ1) is 21.7. The molecule has 6 rings (SSSR count). The van der Waals surface area contributed by atoms with E-state index in [2.05, 4.69) is 97.1 Å². The number of hydrogen-bond acceptors (Lipinski definition) is 2. The molecule has 2 nitrogen and oxygen atoms in total. The number of hydrogen-bond donors (Lipinski definition) is 0. The van der Waals surface area contributed by atoms with Crippen molar-refractivity contribution >= 4 is 0 Å². The summed E-state index contributed by atoms with van der Waals surface area (Å²) in [5.74, 6) is 0. The molecule has 36 heavy (non-hydrogen) atoms. The Morgan fingerprint density at radius 1 is 0.306 bits per heavy atom. The van der Waals surface area contributed by atoms with E-state index in [1.807, 2.05) is 48.8 Å². The molecule has 4 aromatic carbocycles. The Morgan fingerprint density at radius 3 is 1.11 bits per heavy atom. The summed E-state index contributed by atoms with van der Waals surface area (Å²) in [5.41, 5.74) is 11.1. The number of rotatable bonds is 5. The third-order valence-electron chi connectivity index (χ3n) is 6.43. The lowest BCUT2D eigenvalue weighted by Gasteiger charge is -2.17. The van der Waals surface area contributed by atoms with Gasteiger partial charge in [-0.3, -0.25) is 9.97 Å². The fourth-order valence-corrected chi connectivity index (χ4v) is 4.65. The van der Waals surface area contributed by atoms with E-state index in [-0.39, 0.29) is 0 Å². The highest BCUT2D eigenvalue weighted by Crippen LogP contribution is 2.40. The third-order valence-corrected chi connectivity index (χ3v) is 6.43. The Kier molecular flexibility index (Phi) is 5.91. The van der Waals surface area contributed by atoms with E-state index < -0.39 is 0 Å². The van der Waals surface area contributed by atoms with E-state index in [0.29, 0.717) is 0 Å². The van der Waals surface area contributed by atoms with Crippen LogP contribution in [0, 0.1) is 0 Å². The van der Waals surface area contributed by atoms with Gasteiger partial charge in [-0.1, -0.05) is 97.1 Å². The molecule has 2 aromatic heterocycles. The van der Waals surface area contributed by atoms with Gasteiger partial charge >= 0.3 is 0 Å². The van der Waals surface area contributed by atoms with Gasteiger partial charge in [0.2, 0.25) is 0 Å². The number of nitrogens with zero attached hydrogens (tertiary/aromatic N) is 2. The molecule has 0 saturated carbocycles. The Morgan fingerprint density at radius 2 is 0.722 bits per heavy atom. The van der Waals surface area contributed by atoms with Gasteiger partial charge < -0.3 is 0 Å². The molecule has 0 aliphatic heterocycles. The van der Waals surface area contributed by atoms with Crippen molar-refractivity contribution in [2.75, 3.05) is 0 Å². The average molecular weight is 461 g/mol. The summed E-state index contributed by atoms with van der Waals surface area (Å²) in [6.45, 7) is 0. The molecule has 0 unspecified atom stereocenters. The topological polar surface area (TPSA) is 25.8 Å². The molecule has 0 fully saturated rings. The quantitative estimate of drug-likeness (QED) is 0.257. The second kappa shape index (κ2) is 9.81. The summed E-state index contributed by atoms with van der Waals surface area (Å²) in [6, 6.07) is 46.4. The molecule has 2 heteroatoms. The Balaban J connectivity index is 1.59. The van der Waals surface area contributed by atoms with Crippen LogP contribution in [-0.4, -0.2) is 9.97 Å². The summed E-state index contributed by atoms with van der Waals surface area (Å²) in [4.78, 5) is 9.44. The third kappa shape index (κ3) is 4.33. The van der Waals surface area contributed by atoms with Crippen molar-refractivity contribution in [3.63, 3.8) is 0 Å². The predicted octanol–water partition coefficient (Wildman–Crippen LogP) is 8.81. The van der Waals surface area contributed by atoms with E-state index in [1.54, 1.807) is 0 Å². The summed E-state index contributed by atoms with van der Waals surface area (Å²) in [7, 11) is 0. The van der Waals surface area contributed by atoms with Gasteiger partial charge in [-0.2, -0.15) is 0 Å². The van der Waals surface area contributed by atoms with Gasteiger partial charge in [-0.25, -0.2) is 0 Å². The Labute approximate surface area is 211 Å². The van der Waals surface area contributed by atoms with Crippen molar-refractivity contribution < 1.29 is 0 Å². The molecule has 0 amide bonds. The number of pyridine rings is 2. The van der Waals surface area contributed by atoms with E-state index >= 15 is 0 Å². The highest BCUT2D eigenvalue weighted by atomic mass is 14.7. The lowest BCUT2D eigenvalue weighted by Crippen LogP contribution is -1.94. The second-order valence-electron chi connectivity index (χ2n) is 8.68. The van der Waals surface area contributed by atoms with Crippen LogP contribution in [0.3, 0.4) is 0 Å². The monoisotopic (exact) mass is 460 g/mol. The van der Waals surface area contributed by atoms with Crippen LogP contribution in [0.2, 0.25) is 0 Å². The minimum Gasteiger partial charge on any atom is -0.256 e. The largest absolute Gasteiger partial charge is 0.256 e. The van der Waals surface area contributed by atoms with Crippen LogP contribution in [0.15, 0.2) is 146 Å². The van der Waals surface area contributed by atoms with E-state index in [4.69, 9.17) is 9.97 Å². The average Bonchev–Trinajstić information content (AvgIpc) is 2.98. The smallest absolute Gasteiger partial charge is 0.0708 e. The first-order valence-electron chi connectivity index (χ1n) is 12.1. The van der Waals surface area contributed by atoms with Gasteiger partial charge in [0.1, 0.15) is 0 Å². The zero-order valence-electron chi connectivity index (χ0n) is 19.8. The normalized spacial score (nSPS) is 10.8. The van der Waals surface area contributed by atoms with Crippen LogP contribution in [0.5, 0.6) is 0 Å². The Bertz CT molecular complexity index is 1470. The minimum atomic E-state index is 0.949. The zero-order chi connectivity index (χ0) is 24.2. The standard InChI is InChI=1S/C34H24N2/c1-3-11-25(12-4-1)27-17-19-29(31(23-27)33-15-7-9-21-35-33)30-20-18-28(26-13-5-2-6-14-26)24-32(30)34-16-8-10-22-36-34/h1-24H. The van der Waals surface area contributed by atoms with Crippen molar-refractivity contribution in [2.24, 2.45) is 0 Å². The van der Waals surface area contributed by atoms with Crippen LogP contribution < -0.4 is 0 Å². The SMILES string of the molecule is c1ccc(-c2ccc(-c3ccc(-c4ccccc4)cc3-c3ccccn3)c(-c3ccccn3)c2)cc1. The van der Waals surface area contributed by atoms with Crippen LogP contribution in [0.4, 0.5) is 0 Å². The molecule has 6 aromatic rings. The summed E-state index contributed by atoms with van der Waals surface area (Å²) in [6.07, 6.45) is 3.71. The van der Waals surface area contributed by atoms with Gasteiger partial charge in [0.05, 0.1) is 11.4 Å². The lowest BCUT2D eigenvalue weighted by molar-refractivity contribution is 1.32. The molecule has 0 atom stereocenters. The van der Waals surface area contributed by atoms with Gasteiger partial charge in [0.25, 0.3) is 0 Å². The fraction of sp³-hybridized carbons (Fsp3) is 0. The maximum Gasteiger partial charge on any atom is 0.0708 e. The Hall–Kier alpha value is -4.82. The van der Waals surface area contributed by atoms with Crippen LogP contribution >= 0.6 is 0 Å². The van der Waals surface area contributed by atoms with E-state index in [0.717, 1.165) is 33.6 Å². The molecule has 170 valence electrons. The van der Waals surface area contributed by atoms with Gasteiger partial charge in [-0.05, 0) is 69.8 Å². The highest BCUT2D eigenvalue weighted by Gasteiger charge is 2.16. The number of benzene rings is 4. The molecule has 0 aliphatic rings. The molecule has 0 aliphatic carbocycles. The molecule has 2 heterocycles. The van der Waals surface area contributed by atoms with Crippen LogP contribution in [-0.2, 0) is 0 Å². The summed E-state index contributed by atoms with van der Waals surface area (Å²) < 4.78 is 0. The van der Waals surface area contributed by atoms with Crippen molar-refractivity contribution in [2.45, 2.75) is 0 Å². The molecule has 0 bridgehead atoms. The predicted molar refractivity (Wildman–Crippen MR) is 149 cm³/mol. The molecule has 0 radical (unpaired) electrons. The first-order chi connectivity index (χ1) is 17.9. The summed E-state index contributed by atoms with van der Waals surface area (Å²) in [5, 5.41) is 0. The van der Waals surface area contributed by atoms with Crippen molar-refractivity contribution in [3.8, 4) is 55.9 Å². The first-order valence-corrected chi connectivity index (χ1v) is 12.1. The fourth-order valence-electron chi connectivity index (χ4n) is 4.65. The molecular formula is C34H24N2. The maximum absolute atomic E-state index is 4.72. The van der Waals surface area contributed by atoms with Gasteiger partial charge in [0.15, 0.2) is 0 Å². The lowest BCUT2D eigenvalue weighted by atomic mass is 9.88. The number of aromatic nitrogens is 2. The van der Waals surface area contributed by atoms with Gasteiger partial charge in [0, 0.05) is 23.5 Å². The van der Waals surface area contributed by atoms with Gasteiger partial charge in [-0.15, -0.1) is 0 Å². The highest BCUT2D eigenvalue weighted by molar-refractivity contribution is 5.93. The van der Waals surface area contributed by atoms with Crippen molar-refractivity contribution in [1.29, 1.82) is 0 Å². The van der Waals surface area contributed by atoms with E-state index in [9.17, 15) is 0 Å². The minimum absolute atomic E-state index is 0.949. The molecule has 0 N–H and O–H groups in total. The summed E-state index contributed by atoms with van der Waals surface area (Å²) >= 11 is 0. The van der Waals surface area contributed by atoms with Crippen LogP contribution in [0.25, 0.3) is 55.9 Å². The molecule has 0 saturated heterocycles. The zero-order valence-corrected chi connectivity index (χ0v) is 19.8. The maximum atomic E-state index is 4.72. The second-order valence-corrected chi connectivity index (χ2v) is 8.68. The van der Waals surface area contributed by atoms with Crippen LogP contribution in [0.1, 0.15) is 0 Å².